The Labute approximate surface area is 90.9 Å². The molecule has 0 unspecified atom stereocenters. The zero-order valence-electron chi connectivity index (χ0n) is 9.58. The zero-order chi connectivity index (χ0) is 10.8. The number of aromatic nitrogens is 1. The van der Waals surface area contributed by atoms with E-state index in [9.17, 15) is 0 Å². The van der Waals surface area contributed by atoms with Crippen LogP contribution in [-0.4, -0.2) is 18.1 Å². The summed E-state index contributed by atoms with van der Waals surface area (Å²) in [5.41, 5.74) is 2.31. The highest BCUT2D eigenvalue weighted by molar-refractivity contribution is 5.55. The van der Waals surface area contributed by atoms with Gasteiger partial charge in [-0.15, -0.1) is 0 Å². The van der Waals surface area contributed by atoms with Gasteiger partial charge in [0.15, 0.2) is 0 Å². The third-order valence-corrected chi connectivity index (χ3v) is 2.60. The standard InChI is InChI=1S/C12H18N2O/c1-8(2)11-10(13-3)6-7-14-12(11)15-9-4-5-9/h6-9H,4-5H2,1-3H3,(H,13,14). The predicted octanol–water partition coefficient (Wildman–Crippen LogP) is 2.79. The second-order valence-electron chi connectivity index (χ2n) is 4.30. The molecular formula is C12H18N2O. The molecule has 0 atom stereocenters. The van der Waals surface area contributed by atoms with E-state index in [-0.39, 0.29) is 0 Å². The number of pyridine rings is 1. The quantitative estimate of drug-likeness (QED) is 0.822. The Balaban J connectivity index is 2.32. The van der Waals surface area contributed by atoms with Gasteiger partial charge in [0.25, 0.3) is 0 Å². The van der Waals surface area contributed by atoms with Crippen LogP contribution in [0.15, 0.2) is 12.3 Å². The Bertz CT molecular complexity index is 345. The topological polar surface area (TPSA) is 34.2 Å². The molecule has 1 N–H and O–H groups in total. The fraction of sp³-hybridized carbons (Fsp3) is 0.583. The van der Waals surface area contributed by atoms with E-state index in [0.29, 0.717) is 12.0 Å². The van der Waals surface area contributed by atoms with Crippen molar-refractivity contribution in [3.63, 3.8) is 0 Å². The lowest BCUT2D eigenvalue weighted by atomic mass is 10.0. The van der Waals surface area contributed by atoms with Gasteiger partial charge in [0.05, 0.1) is 0 Å². The van der Waals surface area contributed by atoms with Gasteiger partial charge in [0.1, 0.15) is 6.10 Å². The summed E-state index contributed by atoms with van der Waals surface area (Å²) in [5, 5.41) is 3.19. The van der Waals surface area contributed by atoms with Crippen molar-refractivity contribution in [2.75, 3.05) is 12.4 Å². The van der Waals surface area contributed by atoms with E-state index in [1.807, 2.05) is 13.1 Å². The van der Waals surface area contributed by atoms with Crippen molar-refractivity contribution >= 4 is 5.69 Å². The summed E-state index contributed by atoms with van der Waals surface area (Å²) in [6.45, 7) is 4.33. The van der Waals surface area contributed by atoms with Crippen molar-refractivity contribution in [1.29, 1.82) is 0 Å². The van der Waals surface area contributed by atoms with Crippen molar-refractivity contribution in [1.82, 2.24) is 4.98 Å². The number of hydrogen-bond donors (Lipinski definition) is 1. The monoisotopic (exact) mass is 206 g/mol. The van der Waals surface area contributed by atoms with Crippen LogP contribution in [0.4, 0.5) is 5.69 Å². The summed E-state index contributed by atoms with van der Waals surface area (Å²) in [7, 11) is 1.93. The Hall–Kier alpha value is -1.25. The Morgan fingerprint density at radius 1 is 1.47 bits per heavy atom. The van der Waals surface area contributed by atoms with Crippen LogP contribution in [0, 0.1) is 0 Å². The van der Waals surface area contributed by atoms with E-state index in [1.165, 1.54) is 18.4 Å². The van der Waals surface area contributed by atoms with Crippen molar-refractivity contribution in [2.45, 2.75) is 38.7 Å². The fourth-order valence-corrected chi connectivity index (χ4v) is 1.67. The summed E-state index contributed by atoms with van der Waals surface area (Å²) in [4.78, 5) is 4.33. The third kappa shape index (κ3) is 2.22. The van der Waals surface area contributed by atoms with Crippen molar-refractivity contribution in [3.05, 3.63) is 17.8 Å². The lowest BCUT2D eigenvalue weighted by molar-refractivity contribution is 0.287. The van der Waals surface area contributed by atoms with E-state index < -0.39 is 0 Å². The van der Waals surface area contributed by atoms with Gasteiger partial charge in [0.2, 0.25) is 5.88 Å². The number of ether oxygens (including phenoxy) is 1. The van der Waals surface area contributed by atoms with E-state index in [1.54, 1.807) is 6.20 Å². The molecule has 0 spiro atoms. The SMILES string of the molecule is CNc1ccnc(OC2CC2)c1C(C)C. The molecule has 1 aromatic rings. The molecule has 3 heteroatoms. The molecule has 1 aliphatic rings. The molecular weight excluding hydrogens is 188 g/mol. The van der Waals surface area contributed by atoms with E-state index in [0.717, 1.165) is 11.6 Å². The van der Waals surface area contributed by atoms with Crippen LogP contribution >= 0.6 is 0 Å². The molecule has 0 saturated heterocycles. The first-order valence-corrected chi connectivity index (χ1v) is 5.55. The van der Waals surface area contributed by atoms with E-state index in [2.05, 4.69) is 24.1 Å². The van der Waals surface area contributed by atoms with Crippen LogP contribution in [0.2, 0.25) is 0 Å². The fourth-order valence-electron chi connectivity index (χ4n) is 1.67. The molecule has 0 bridgehead atoms. The van der Waals surface area contributed by atoms with Gasteiger partial charge in [-0.05, 0) is 24.8 Å². The molecule has 1 fully saturated rings. The summed E-state index contributed by atoms with van der Waals surface area (Å²) in [6.07, 6.45) is 4.55. The van der Waals surface area contributed by atoms with Crippen LogP contribution < -0.4 is 10.1 Å². The molecule has 0 amide bonds. The highest BCUT2D eigenvalue weighted by atomic mass is 16.5. The maximum absolute atomic E-state index is 5.81. The van der Waals surface area contributed by atoms with Gasteiger partial charge in [-0.1, -0.05) is 13.8 Å². The minimum absolute atomic E-state index is 0.405. The van der Waals surface area contributed by atoms with Gasteiger partial charge in [-0.25, -0.2) is 4.98 Å². The number of nitrogens with one attached hydrogen (secondary N) is 1. The maximum atomic E-state index is 5.81. The van der Waals surface area contributed by atoms with Crippen LogP contribution in [0.5, 0.6) is 5.88 Å². The van der Waals surface area contributed by atoms with Gasteiger partial charge < -0.3 is 10.1 Å². The van der Waals surface area contributed by atoms with Crippen molar-refractivity contribution in [2.24, 2.45) is 0 Å². The summed E-state index contributed by atoms with van der Waals surface area (Å²) >= 11 is 0. The number of hydrogen-bond acceptors (Lipinski definition) is 3. The normalized spacial score (nSPS) is 15.5. The van der Waals surface area contributed by atoms with Gasteiger partial charge in [0, 0.05) is 24.5 Å². The second kappa shape index (κ2) is 4.09. The first kappa shape index (κ1) is 10.3. The Kier molecular flexibility index (Phi) is 2.80. The van der Waals surface area contributed by atoms with Crippen LogP contribution in [0.1, 0.15) is 38.2 Å². The van der Waals surface area contributed by atoms with Gasteiger partial charge in [-0.2, -0.15) is 0 Å². The highest BCUT2D eigenvalue weighted by Crippen LogP contribution is 2.35. The molecule has 2 rings (SSSR count). The molecule has 0 aliphatic heterocycles. The lowest BCUT2D eigenvalue weighted by Crippen LogP contribution is -2.06. The van der Waals surface area contributed by atoms with E-state index >= 15 is 0 Å². The second-order valence-corrected chi connectivity index (χ2v) is 4.30. The van der Waals surface area contributed by atoms with Gasteiger partial charge >= 0.3 is 0 Å². The Morgan fingerprint density at radius 3 is 2.73 bits per heavy atom. The molecule has 1 saturated carbocycles. The van der Waals surface area contributed by atoms with Crippen LogP contribution in [0.25, 0.3) is 0 Å². The maximum Gasteiger partial charge on any atom is 0.219 e. The first-order chi connectivity index (χ1) is 7.22. The molecule has 0 radical (unpaired) electrons. The number of anilines is 1. The molecule has 1 heterocycles. The summed E-state index contributed by atoms with van der Waals surface area (Å²) < 4.78 is 5.81. The largest absolute Gasteiger partial charge is 0.474 e. The average Bonchev–Trinajstić information content (AvgIpc) is 3.01. The minimum Gasteiger partial charge on any atom is -0.474 e. The van der Waals surface area contributed by atoms with Crippen LogP contribution in [-0.2, 0) is 0 Å². The predicted molar refractivity (Wildman–Crippen MR) is 61.5 cm³/mol. The van der Waals surface area contributed by atoms with Gasteiger partial charge in [-0.3, -0.25) is 0 Å². The molecule has 1 aromatic heterocycles. The minimum atomic E-state index is 0.405. The summed E-state index contributed by atoms with van der Waals surface area (Å²) in [5.74, 6) is 1.23. The molecule has 3 nitrogen and oxygen atoms in total. The van der Waals surface area contributed by atoms with E-state index in [4.69, 9.17) is 4.74 Å². The van der Waals surface area contributed by atoms with Crippen molar-refractivity contribution in [3.8, 4) is 5.88 Å². The molecule has 82 valence electrons. The molecule has 1 aliphatic carbocycles. The smallest absolute Gasteiger partial charge is 0.219 e. The first-order valence-electron chi connectivity index (χ1n) is 5.55. The average molecular weight is 206 g/mol. The highest BCUT2D eigenvalue weighted by Gasteiger charge is 2.26. The van der Waals surface area contributed by atoms with Crippen LogP contribution in [0.3, 0.4) is 0 Å². The molecule has 0 aromatic carbocycles. The number of rotatable bonds is 4. The summed E-state index contributed by atoms with van der Waals surface area (Å²) in [6, 6.07) is 2.00. The third-order valence-electron chi connectivity index (χ3n) is 2.60. The Morgan fingerprint density at radius 2 is 2.20 bits per heavy atom. The zero-order valence-corrected chi connectivity index (χ0v) is 9.58. The lowest BCUT2D eigenvalue weighted by Gasteiger charge is -2.16. The number of nitrogens with zero attached hydrogens (tertiary/aromatic N) is 1. The molecule has 15 heavy (non-hydrogen) atoms. The van der Waals surface area contributed by atoms with Crippen molar-refractivity contribution < 1.29 is 4.74 Å².